The molecule has 6 aromatic rings. The van der Waals surface area contributed by atoms with E-state index in [4.69, 9.17) is 0 Å². The maximum absolute atomic E-state index is 3.82. The van der Waals surface area contributed by atoms with Gasteiger partial charge in [0.15, 0.2) is 0 Å². The van der Waals surface area contributed by atoms with Crippen LogP contribution in [0.1, 0.15) is 87.3 Å². The highest BCUT2D eigenvalue weighted by Gasteiger charge is 2.45. The van der Waals surface area contributed by atoms with Crippen LogP contribution in [0, 0.1) is 0 Å². The van der Waals surface area contributed by atoms with Gasteiger partial charge >= 0.3 is 0 Å². The summed E-state index contributed by atoms with van der Waals surface area (Å²) in [6.45, 7) is 17.0. The van der Waals surface area contributed by atoms with Crippen LogP contribution in [0.25, 0.3) is 0 Å². The van der Waals surface area contributed by atoms with Gasteiger partial charge in [-0.3, -0.25) is 4.90 Å². The zero-order valence-corrected chi connectivity index (χ0v) is 36.4. The molecule has 0 spiro atoms. The van der Waals surface area contributed by atoms with Crippen molar-refractivity contribution in [2.45, 2.75) is 72.9 Å². The van der Waals surface area contributed by atoms with Crippen molar-refractivity contribution < 1.29 is 0 Å². The molecule has 57 heavy (non-hydrogen) atoms. The molecule has 0 saturated carbocycles. The van der Waals surface area contributed by atoms with Crippen LogP contribution in [0.5, 0.6) is 0 Å². The highest BCUT2D eigenvalue weighted by molar-refractivity contribution is 8.02. The topological polar surface area (TPSA) is 15.3 Å². The lowest BCUT2D eigenvalue weighted by Gasteiger charge is -2.46. The Morgan fingerprint density at radius 1 is 0.404 bits per heavy atom. The minimum Gasteiger partial charge on any atom is -0.315 e. The smallest absolute Gasteiger partial charge is 0.0912 e. The number of rotatable bonds is 21. The second-order valence-corrected chi connectivity index (χ2v) is 20.3. The van der Waals surface area contributed by atoms with Gasteiger partial charge in [0, 0.05) is 35.7 Å². The monoisotopic (exact) mass is 790 g/mol. The molecule has 0 amide bonds. The Bertz CT molecular complexity index is 1680. The van der Waals surface area contributed by atoms with Gasteiger partial charge in [-0.15, -0.1) is 23.5 Å². The first kappa shape index (κ1) is 42.5. The van der Waals surface area contributed by atoms with Crippen LogP contribution in [0.2, 0.25) is 0 Å². The summed E-state index contributed by atoms with van der Waals surface area (Å²) in [7, 11) is 0. The average molecular weight is 791 g/mol. The minimum atomic E-state index is -0.398. The van der Waals surface area contributed by atoms with Crippen LogP contribution in [0.15, 0.2) is 182 Å². The summed E-state index contributed by atoms with van der Waals surface area (Å²) in [4.78, 5) is 2.75. The highest BCUT2D eigenvalue weighted by Crippen LogP contribution is 2.55. The third-order valence-electron chi connectivity index (χ3n) is 10.7. The van der Waals surface area contributed by atoms with Gasteiger partial charge in [-0.05, 0) is 74.0 Å². The van der Waals surface area contributed by atoms with Crippen LogP contribution in [0.4, 0.5) is 0 Å². The molecule has 0 saturated heterocycles. The van der Waals surface area contributed by atoms with E-state index >= 15 is 0 Å². The molecule has 0 atom stereocenters. The van der Waals surface area contributed by atoms with Crippen LogP contribution in [-0.4, -0.2) is 47.1 Å². The molecule has 296 valence electrons. The van der Waals surface area contributed by atoms with Crippen LogP contribution < -0.4 is 5.32 Å². The van der Waals surface area contributed by atoms with Gasteiger partial charge < -0.3 is 5.32 Å². The SMILES string of the molecule is CCCCCNCCN(CC(C)(C)SC(c1ccccc1)(c1ccccc1)c1ccccc1)CC(C)(C)SC(c1ccccc1)(c1ccccc1)c1ccccc1. The van der Waals surface area contributed by atoms with Crippen LogP contribution in [0.3, 0.4) is 0 Å². The predicted molar refractivity (Wildman–Crippen MR) is 251 cm³/mol. The van der Waals surface area contributed by atoms with E-state index in [0.29, 0.717) is 0 Å². The molecule has 0 aliphatic carbocycles. The zero-order chi connectivity index (χ0) is 40.0. The summed E-state index contributed by atoms with van der Waals surface area (Å²) in [6.07, 6.45) is 3.73. The molecule has 0 aromatic heterocycles. The number of unbranched alkanes of at least 4 members (excludes halogenated alkanes) is 2. The van der Waals surface area contributed by atoms with Crippen molar-refractivity contribution in [3.05, 3.63) is 215 Å². The van der Waals surface area contributed by atoms with Crippen molar-refractivity contribution in [3.63, 3.8) is 0 Å². The summed E-state index contributed by atoms with van der Waals surface area (Å²) < 4.78 is -1.07. The summed E-state index contributed by atoms with van der Waals surface area (Å²) in [5.74, 6) is 0. The lowest BCUT2D eigenvalue weighted by Crippen LogP contribution is -2.48. The summed E-state index contributed by atoms with van der Waals surface area (Å²) in [5.41, 5.74) is 7.83. The van der Waals surface area contributed by atoms with Gasteiger partial charge in [-0.1, -0.05) is 202 Å². The number of nitrogens with zero attached hydrogens (tertiary/aromatic N) is 1. The largest absolute Gasteiger partial charge is 0.315 e. The Morgan fingerprint density at radius 3 is 0.947 bits per heavy atom. The molecule has 4 heteroatoms. The third kappa shape index (κ3) is 10.7. The Morgan fingerprint density at radius 2 is 0.684 bits per heavy atom. The molecule has 0 aliphatic rings. The van der Waals surface area contributed by atoms with Gasteiger partial charge in [-0.25, -0.2) is 0 Å². The van der Waals surface area contributed by atoms with Crippen molar-refractivity contribution in [2.24, 2.45) is 0 Å². The maximum Gasteiger partial charge on any atom is 0.0912 e. The molecular weight excluding hydrogens is 729 g/mol. The molecule has 6 aromatic carbocycles. The molecular formula is C53H62N2S2. The van der Waals surface area contributed by atoms with Gasteiger partial charge in [0.25, 0.3) is 0 Å². The lowest BCUT2D eigenvalue weighted by atomic mass is 9.84. The first-order valence-electron chi connectivity index (χ1n) is 20.9. The normalized spacial score (nSPS) is 12.5. The van der Waals surface area contributed by atoms with Gasteiger partial charge in [0.2, 0.25) is 0 Å². The minimum absolute atomic E-state index is 0.139. The fourth-order valence-corrected chi connectivity index (χ4v) is 12.1. The van der Waals surface area contributed by atoms with E-state index in [0.717, 1.165) is 32.7 Å². The van der Waals surface area contributed by atoms with E-state index in [-0.39, 0.29) is 9.49 Å². The number of benzene rings is 6. The number of thioether (sulfide) groups is 2. The second-order valence-electron chi connectivity index (χ2n) is 16.4. The lowest BCUT2D eigenvalue weighted by molar-refractivity contribution is 0.238. The number of hydrogen-bond donors (Lipinski definition) is 1. The van der Waals surface area contributed by atoms with Crippen LogP contribution >= 0.6 is 23.5 Å². The van der Waals surface area contributed by atoms with E-state index < -0.39 is 9.49 Å². The van der Waals surface area contributed by atoms with Crippen molar-refractivity contribution in [1.29, 1.82) is 0 Å². The summed E-state index contributed by atoms with van der Waals surface area (Å²) >= 11 is 4.19. The summed E-state index contributed by atoms with van der Waals surface area (Å²) in [6, 6.07) is 66.9. The molecule has 0 bridgehead atoms. The fraction of sp³-hybridized carbons (Fsp3) is 0.321. The molecule has 0 fully saturated rings. The first-order valence-corrected chi connectivity index (χ1v) is 22.5. The third-order valence-corrected chi connectivity index (χ3v) is 14.1. The predicted octanol–water partition coefficient (Wildman–Crippen LogP) is 13.1. The quantitative estimate of drug-likeness (QED) is 0.0577. The Hall–Kier alpha value is -4.06. The Balaban J connectivity index is 1.38. The van der Waals surface area contributed by atoms with E-state index in [1.165, 1.54) is 52.6 Å². The second kappa shape index (κ2) is 20.1. The maximum atomic E-state index is 3.82. The molecule has 0 unspecified atom stereocenters. The summed E-state index contributed by atoms with van der Waals surface area (Å²) in [5, 5.41) is 3.82. The molecule has 6 rings (SSSR count). The van der Waals surface area contributed by atoms with E-state index in [1.807, 2.05) is 0 Å². The number of hydrogen-bond acceptors (Lipinski definition) is 4. The van der Waals surface area contributed by atoms with Gasteiger partial charge in [0.1, 0.15) is 0 Å². The van der Waals surface area contributed by atoms with E-state index in [9.17, 15) is 0 Å². The van der Waals surface area contributed by atoms with Crippen molar-refractivity contribution >= 4 is 23.5 Å². The average Bonchev–Trinajstić information content (AvgIpc) is 3.25. The van der Waals surface area contributed by atoms with Gasteiger partial charge in [0.05, 0.1) is 9.49 Å². The molecule has 0 heterocycles. The first-order chi connectivity index (χ1) is 27.7. The highest BCUT2D eigenvalue weighted by atomic mass is 32.2. The molecule has 2 nitrogen and oxygen atoms in total. The standard InChI is InChI=1S/C53H62N2S2/c1-6-7-26-39-54-40-41-55(42-50(2,3)56-52(44-27-14-8-15-28-44,45-29-16-9-17-30-45)46-31-18-10-19-32-46)43-51(4,5)57-53(47-33-20-11-21-34-47,48-35-22-12-23-36-48)49-37-24-13-25-38-49/h8-25,27-38,54H,6-7,26,39-43H2,1-5H3. The van der Waals surface area contributed by atoms with Crippen LogP contribution in [-0.2, 0) is 9.49 Å². The zero-order valence-electron chi connectivity index (χ0n) is 34.7. The van der Waals surface area contributed by atoms with E-state index in [1.54, 1.807) is 0 Å². The Kier molecular flexibility index (Phi) is 15.0. The van der Waals surface area contributed by atoms with Crippen molar-refractivity contribution in [1.82, 2.24) is 10.2 Å². The van der Waals surface area contributed by atoms with Gasteiger partial charge in [-0.2, -0.15) is 0 Å². The van der Waals surface area contributed by atoms with Crippen molar-refractivity contribution in [2.75, 3.05) is 32.7 Å². The fourth-order valence-electron chi connectivity index (χ4n) is 8.44. The van der Waals surface area contributed by atoms with Crippen molar-refractivity contribution in [3.8, 4) is 0 Å². The Labute approximate surface area is 352 Å². The number of nitrogens with one attached hydrogen (secondary N) is 1. The molecule has 0 radical (unpaired) electrons. The molecule has 0 aliphatic heterocycles. The van der Waals surface area contributed by atoms with E-state index in [2.05, 4.69) is 250 Å². The molecule has 1 N–H and O–H groups in total.